The summed E-state index contributed by atoms with van der Waals surface area (Å²) in [5.74, 6) is 2.17. The zero-order valence-corrected chi connectivity index (χ0v) is 9.45. The topological polar surface area (TPSA) is 15.8 Å². The average molecular weight is 197 g/mol. The summed E-state index contributed by atoms with van der Waals surface area (Å²) < 4.78 is 0. The summed E-state index contributed by atoms with van der Waals surface area (Å²) in [5.41, 5.74) is 1.48. The largest absolute Gasteiger partial charge is 0.361 e. The van der Waals surface area contributed by atoms with E-state index in [9.17, 15) is 0 Å². The predicted octanol–water partition coefficient (Wildman–Crippen LogP) is 4.50. The molecule has 0 radical (unpaired) electrons. The summed E-state index contributed by atoms with van der Waals surface area (Å²) >= 11 is 0. The molecule has 1 heterocycles. The Morgan fingerprint density at radius 3 is 2.62 bits per heavy atom. The van der Waals surface area contributed by atoms with Crippen LogP contribution in [0.3, 0.4) is 0 Å². The summed E-state index contributed by atoms with van der Waals surface area (Å²) in [5, 5.41) is 0. The van der Waals surface area contributed by atoms with Gasteiger partial charge in [0.2, 0.25) is 0 Å². The minimum absolute atomic E-state index is 1.26. The fourth-order valence-corrected chi connectivity index (χ4v) is 2.27. The van der Waals surface area contributed by atoms with Crippen LogP contribution >= 0.6 is 8.19 Å². The summed E-state index contributed by atoms with van der Waals surface area (Å²) in [6.07, 6.45) is 11.7. The number of aromatic nitrogens is 1. The van der Waals surface area contributed by atoms with Gasteiger partial charge in [-0.3, -0.25) is 0 Å². The van der Waals surface area contributed by atoms with Crippen molar-refractivity contribution in [1.29, 1.82) is 0 Å². The predicted molar refractivity (Wildman–Crippen MR) is 60.4 cm³/mol. The summed E-state index contributed by atoms with van der Waals surface area (Å²) in [4.78, 5) is 3.28. The van der Waals surface area contributed by atoms with Crippen LogP contribution in [0.2, 0.25) is 0 Å². The van der Waals surface area contributed by atoms with E-state index in [1.807, 2.05) is 6.20 Å². The van der Waals surface area contributed by atoms with E-state index >= 15 is 0 Å². The molecule has 13 heavy (non-hydrogen) atoms. The molecule has 0 saturated heterocycles. The average Bonchev–Trinajstić information content (AvgIpc) is 2.63. The first-order valence-corrected chi connectivity index (χ1v) is 6.38. The molecule has 1 N–H and O–H groups in total. The molecule has 0 amide bonds. The Morgan fingerprint density at radius 1 is 1.15 bits per heavy atom. The third kappa shape index (κ3) is 5.10. The van der Waals surface area contributed by atoms with Crippen molar-refractivity contribution < 1.29 is 0 Å². The van der Waals surface area contributed by atoms with E-state index in [-0.39, 0.29) is 0 Å². The normalized spacial score (nSPS) is 11.2. The Balaban J connectivity index is 1.90. The summed E-state index contributed by atoms with van der Waals surface area (Å²) in [6, 6.07) is 0. The van der Waals surface area contributed by atoms with Crippen LogP contribution in [0.1, 0.15) is 50.9 Å². The third-order valence-electron chi connectivity index (χ3n) is 2.32. The van der Waals surface area contributed by atoms with Gasteiger partial charge in [0.1, 0.15) is 0 Å². The monoisotopic (exact) mass is 197 g/mol. The summed E-state index contributed by atoms with van der Waals surface area (Å²) in [6.45, 7) is 2.27. The van der Waals surface area contributed by atoms with Gasteiger partial charge in [0.05, 0.1) is 0 Å². The lowest BCUT2D eigenvalue weighted by Crippen LogP contribution is -1.84. The van der Waals surface area contributed by atoms with Crippen LogP contribution < -0.4 is 0 Å². The molecule has 1 rings (SSSR count). The Bertz CT molecular complexity index is 194. The van der Waals surface area contributed by atoms with Crippen molar-refractivity contribution in [2.45, 2.75) is 51.9 Å². The maximum atomic E-state index is 3.28. The Kier molecular flexibility index (Phi) is 5.93. The number of nitrogens with one attached hydrogen (secondary N) is 1. The van der Waals surface area contributed by atoms with Gasteiger partial charge in [0.25, 0.3) is 0 Å². The molecule has 0 spiro atoms. The lowest BCUT2D eigenvalue weighted by Gasteiger charge is -1.98. The van der Waals surface area contributed by atoms with Crippen LogP contribution in [0.4, 0.5) is 0 Å². The standard InChI is InChI=1S/C11H20NP/c1-2-3-4-5-6-7-8-11-12-9-10-13-11/h9-10,12H,2-8H2,1H3. The molecule has 0 fully saturated rings. The van der Waals surface area contributed by atoms with Gasteiger partial charge in [-0.2, -0.15) is 0 Å². The minimum atomic E-state index is 1.26. The number of aromatic amines is 1. The first kappa shape index (κ1) is 10.8. The van der Waals surface area contributed by atoms with Crippen LogP contribution in [0.25, 0.3) is 0 Å². The Hall–Kier alpha value is -0.290. The van der Waals surface area contributed by atoms with Crippen molar-refractivity contribution in [3.8, 4) is 0 Å². The van der Waals surface area contributed by atoms with Crippen molar-refractivity contribution in [1.82, 2.24) is 4.98 Å². The first-order chi connectivity index (χ1) is 6.43. The van der Waals surface area contributed by atoms with Gasteiger partial charge in [0, 0.05) is 11.6 Å². The molecule has 0 aromatic carbocycles. The van der Waals surface area contributed by atoms with E-state index in [1.54, 1.807) is 0 Å². The van der Waals surface area contributed by atoms with Gasteiger partial charge in [-0.15, -0.1) is 0 Å². The number of rotatable bonds is 7. The van der Waals surface area contributed by atoms with Crippen molar-refractivity contribution >= 4 is 8.19 Å². The molecule has 0 saturated carbocycles. The fraction of sp³-hybridized carbons (Fsp3) is 0.727. The number of H-pyrrole nitrogens is 1. The van der Waals surface area contributed by atoms with Gasteiger partial charge < -0.3 is 4.98 Å². The van der Waals surface area contributed by atoms with Crippen LogP contribution in [-0.2, 0) is 6.42 Å². The van der Waals surface area contributed by atoms with Crippen molar-refractivity contribution in [3.63, 3.8) is 0 Å². The quantitative estimate of drug-likeness (QED) is 0.619. The second-order valence-electron chi connectivity index (χ2n) is 3.55. The van der Waals surface area contributed by atoms with E-state index in [2.05, 4.69) is 17.7 Å². The molecule has 0 aliphatic carbocycles. The highest BCUT2D eigenvalue weighted by Gasteiger charge is 1.93. The van der Waals surface area contributed by atoms with Gasteiger partial charge in [0.15, 0.2) is 0 Å². The molecule has 0 aliphatic rings. The summed E-state index contributed by atoms with van der Waals surface area (Å²) in [7, 11) is 1.39. The van der Waals surface area contributed by atoms with Crippen molar-refractivity contribution in [3.05, 3.63) is 17.4 Å². The molecule has 1 nitrogen and oxygen atoms in total. The molecular formula is C11H20NP. The molecule has 0 bridgehead atoms. The van der Waals surface area contributed by atoms with Crippen LogP contribution in [0.5, 0.6) is 0 Å². The van der Waals surface area contributed by atoms with Crippen molar-refractivity contribution in [2.24, 2.45) is 0 Å². The number of aryl methyl sites for hydroxylation is 1. The van der Waals surface area contributed by atoms with Gasteiger partial charge in [-0.25, -0.2) is 0 Å². The number of hydrogen-bond donors (Lipinski definition) is 1. The Labute approximate surface area is 83.1 Å². The second kappa shape index (κ2) is 7.15. The first-order valence-electron chi connectivity index (χ1n) is 5.41. The van der Waals surface area contributed by atoms with E-state index in [0.717, 1.165) is 0 Å². The minimum Gasteiger partial charge on any atom is -0.361 e. The third-order valence-corrected chi connectivity index (χ3v) is 3.28. The van der Waals surface area contributed by atoms with Crippen LogP contribution in [0.15, 0.2) is 12.0 Å². The molecule has 0 unspecified atom stereocenters. The lowest BCUT2D eigenvalue weighted by molar-refractivity contribution is 0.607. The Morgan fingerprint density at radius 2 is 1.92 bits per heavy atom. The highest BCUT2D eigenvalue weighted by Crippen LogP contribution is 2.15. The van der Waals surface area contributed by atoms with E-state index in [1.165, 1.54) is 58.6 Å². The zero-order chi connectivity index (χ0) is 9.36. The van der Waals surface area contributed by atoms with E-state index < -0.39 is 0 Å². The lowest BCUT2D eigenvalue weighted by atomic mass is 10.1. The molecule has 1 aromatic rings. The van der Waals surface area contributed by atoms with Crippen molar-refractivity contribution in [2.75, 3.05) is 0 Å². The zero-order valence-electron chi connectivity index (χ0n) is 8.55. The maximum Gasteiger partial charge on any atom is 0.0424 e. The number of unbranched alkanes of at least 4 members (excludes halogenated alkanes) is 5. The van der Waals surface area contributed by atoms with Crippen LogP contribution in [0, 0.1) is 0 Å². The van der Waals surface area contributed by atoms with Crippen LogP contribution in [-0.4, -0.2) is 4.98 Å². The highest BCUT2D eigenvalue weighted by atomic mass is 31.0. The second-order valence-corrected chi connectivity index (χ2v) is 4.65. The fourth-order valence-electron chi connectivity index (χ4n) is 1.51. The van der Waals surface area contributed by atoms with Gasteiger partial charge >= 0.3 is 0 Å². The molecular weight excluding hydrogens is 177 g/mol. The van der Waals surface area contributed by atoms with E-state index in [4.69, 9.17) is 0 Å². The smallest absolute Gasteiger partial charge is 0.0424 e. The molecule has 2 heteroatoms. The van der Waals surface area contributed by atoms with E-state index in [0.29, 0.717) is 0 Å². The van der Waals surface area contributed by atoms with Gasteiger partial charge in [-0.1, -0.05) is 47.2 Å². The maximum absolute atomic E-state index is 3.28. The molecule has 1 aromatic heterocycles. The molecule has 0 aliphatic heterocycles. The number of hydrogen-bond acceptors (Lipinski definition) is 0. The SMILES string of the molecule is CCCCCCCCc1[nH]ccp1. The highest BCUT2D eigenvalue weighted by molar-refractivity contribution is 7.29. The molecule has 74 valence electrons. The molecule has 0 atom stereocenters. The van der Waals surface area contributed by atoms with Gasteiger partial charge in [-0.05, 0) is 18.6 Å².